The number of carbonyl (C=O) groups excluding carboxylic acids is 3. The van der Waals surface area contributed by atoms with E-state index in [1.165, 1.54) is 19.6 Å². The smallest absolute Gasteiger partial charge is 0.309 e. The van der Waals surface area contributed by atoms with Gasteiger partial charge in [0.05, 0.1) is 18.7 Å². The van der Waals surface area contributed by atoms with Gasteiger partial charge in [-0.2, -0.15) is 0 Å². The van der Waals surface area contributed by atoms with Crippen molar-refractivity contribution in [3.8, 4) is 0 Å². The Kier molecular flexibility index (Phi) is 6.59. The Hall–Kier alpha value is -2.70. The first-order valence-corrected chi connectivity index (χ1v) is 11.7. The van der Waals surface area contributed by atoms with Crippen molar-refractivity contribution in [2.45, 2.75) is 58.0 Å². The molecular weight excluding hydrogens is 422 g/mol. The Morgan fingerprint density at radius 3 is 2.48 bits per heavy atom. The summed E-state index contributed by atoms with van der Waals surface area (Å²) in [7, 11) is 2.93. The molecular formula is C26H33NO6. The Bertz CT molecular complexity index is 943. The number of nitrogens with zero attached hydrogens (tertiary/aromatic N) is 1. The number of fused-ring (bicyclic) bond motifs is 3. The van der Waals surface area contributed by atoms with Crippen molar-refractivity contribution >= 4 is 23.4 Å². The third kappa shape index (κ3) is 4.18. The number of ether oxygens (including phenoxy) is 2. The van der Waals surface area contributed by atoms with Gasteiger partial charge in [0.15, 0.2) is 11.9 Å². The van der Waals surface area contributed by atoms with Crippen LogP contribution in [0, 0.1) is 29.1 Å². The predicted octanol–water partition coefficient (Wildman–Crippen LogP) is 3.91. The first-order valence-electron chi connectivity index (χ1n) is 11.7. The molecule has 0 heterocycles. The van der Waals surface area contributed by atoms with Crippen LogP contribution in [-0.4, -0.2) is 43.8 Å². The van der Waals surface area contributed by atoms with Gasteiger partial charge in [0.25, 0.3) is 0 Å². The standard InChI is InChI=1S/C26H33NO6/c1-15(28)33-22-14-20(25(30)31-3)26(2)11-10-18-19(23(26)24(22)29)12-17(13-21(18)27-32-4)16-8-6-5-7-9-16/h5-9,17-20,22-23H,10-14H2,1-4H3/b27-21+/t17-,18-,19+,20+,22+,23+,26+/m1/s1. The molecule has 0 saturated heterocycles. The zero-order valence-corrected chi connectivity index (χ0v) is 19.8. The quantitative estimate of drug-likeness (QED) is 0.505. The molecule has 0 spiro atoms. The molecule has 1 aromatic carbocycles. The van der Waals surface area contributed by atoms with Gasteiger partial charge >= 0.3 is 11.9 Å². The number of hydrogen-bond donors (Lipinski definition) is 0. The molecule has 178 valence electrons. The summed E-state index contributed by atoms with van der Waals surface area (Å²) in [6.07, 6.45) is 2.38. The maximum absolute atomic E-state index is 13.8. The van der Waals surface area contributed by atoms with Crippen LogP contribution in [0.15, 0.2) is 35.5 Å². The average Bonchev–Trinajstić information content (AvgIpc) is 2.80. The van der Waals surface area contributed by atoms with Crippen LogP contribution in [0.2, 0.25) is 0 Å². The van der Waals surface area contributed by atoms with Crippen LogP contribution < -0.4 is 0 Å². The Morgan fingerprint density at radius 1 is 1.12 bits per heavy atom. The number of benzene rings is 1. The molecule has 3 saturated carbocycles. The largest absolute Gasteiger partial charge is 0.469 e. The first kappa shape index (κ1) is 23.5. The second-order valence-electron chi connectivity index (χ2n) is 9.92. The zero-order valence-electron chi connectivity index (χ0n) is 19.8. The summed E-state index contributed by atoms with van der Waals surface area (Å²) in [5.41, 5.74) is 1.62. The molecule has 0 N–H and O–H groups in total. The lowest BCUT2D eigenvalue weighted by atomic mass is 9.46. The summed E-state index contributed by atoms with van der Waals surface area (Å²) in [5, 5.41) is 4.40. The summed E-state index contributed by atoms with van der Waals surface area (Å²) in [6.45, 7) is 3.34. The maximum Gasteiger partial charge on any atom is 0.309 e. The Labute approximate surface area is 194 Å². The van der Waals surface area contributed by atoms with Gasteiger partial charge in [0.1, 0.15) is 7.11 Å². The number of esters is 2. The molecule has 0 aromatic heterocycles. The lowest BCUT2D eigenvalue weighted by Crippen LogP contribution is -2.60. The van der Waals surface area contributed by atoms with Crippen LogP contribution in [0.25, 0.3) is 0 Å². The van der Waals surface area contributed by atoms with E-state index in [2.05, 4.69) is 17.3 Å². The number of carbonyl (C=O) groups is 3. The minimum Gasteiger partial charge on any atom is -0.469 e. The molecule has 0 aliphatic heterocycles. The molecule has 0 radical (unpaired) electrons. The second kappa shape index (κ2) is 9.27. The van der Waals surface area contributed by atoms with E-state index in [1.807, 2.05) is 25.1 Å². The van der Waals surface area contributed by atoms with Crippen LogP contribution >= 0.6 is 0 Å². The van der Waals surface area contributed by atoms with E-state index in [4.69, 9.17) is 14.3 Å². The van der Waals surface area contributed by atoms with Crippen molar-refractivity contribution < 1.29 is 28.7 Å². The summed E-state index contributed by atoms with van der Waals surface area (Å²) >= 11 is 0. The highest BCUT2D eigenvalue weighted by atomic mass is 16.6. The summed E-state index contributed by atoms with van der Waals surface area (Å²) in [5.74, 6) is -1.58. The van der Waals surface area contributed by atoms with Crippen molar-refractivity contribution in [3.05, 3.63) is 35.9 Å². The third-order valence-electron chi connectivity index (χ3n) is 8.23. The molecule has 3 aliphatic rings. The van der Waals surface area contributed by atoms with E-state index in [1.54, 1.807) is 7.11 Å². The van der Waals surface area contributed by atoms with Crippen LogP contribution in [0.5, 0.6) is 0 Å². The van der Waals surface area contributed by atoms with Gasteiger partial charge in [0.2, 0.25) is 0 Å². The monoisotopic (exact) mass is 455 g/mol. The highest BCUT2D eigenvalue weighted by Crippen LogP contribution is 2.60. The van der Waals surface area contributed by atoms with Gasteiger partial charge in [-0.1, -0.05) is 42.4 Å². The minimum atomic E-state index is -0.927. The fraction of sp³-hybridized carbons (Fsp3) is 0.615. The molecule has 7 atom stereocenters. The predicted molar refractivity (Wildman–Crippen MR) is 121 cm³/mol. The third-order valence-corrected chi connectivity index (χ3v) is 8.23. The molecule has 1 aromatic rings. The highest BCUT2D eigenvalue weighted by Gasteiger charge is 2.62. The molecule has 4 rings (SSSR count). The Morgan fingerprint density at radius 2 is 1.85 bits per heavy atom. The van der Waals surface area contributed by atoms with E-state index in [0.29, 0.717) is 6.42 Å². The number of Topliss-reactive ketones (excluding diaryl/α,β-unsaturated/α-hetero) is 1. The number of ketones is 1. The van der Waals surface area contributed by atoms with Gasteiger partial charge in [0, 0.05) is 25.2 Å². The molecule has 0 bridgehead atoms. The van der Waals surface area contributed by atoms with Crippen LogP contribution in [0.4, 0.5) is 0 Å². The van der Waals surface area contributed by atoms with Crippen molar-refractivity contribution in [1.82, 2.24) is 0 Å². The number of rotatable bonds is 4. The van der Waals surface area contributed by atoms with Gasteiger partial charge in [-0.3, -0.25) is 14.4 Å². The van der Waals surface area contributed by atoms with Gasteiger partial charge in [-0.25, -0.2) is 0 Å². The molecule has 3 aliphatic carbocycles. The van der Waals surface area contributed by atoms with E-state index in [0.717, 1.165) is 25.0 Å². The van der Waals surface area contributed by atoms with Crippen molar-refractivity contribution in [1.29, 1.82) is 0 Å². The lowest BCUT2D eigenvalue weighted by Gasteiger charge is -2.57. The van der Waals surface area contributed by atoms with Gasteiger partial charge < -0.3 is 14.3 Å². The summed E-state index contributed by atoms with van der Waals surface area (Å²) in [6, 6.07) is 10.3. The molecule has 7 nitrogen and oxygen atoms in total. The number of methoxy groups -OCH3 is 1. The van der Waals surface area contributed by atoms with E-state index >= 15 is 0 Å². The SMILES string of the molecule is CO/N=C1\C[C@H](c2ccccc2)C[C@@H]2[C@H]3C(=O)[C@@H](OC(C)=O)C[C@@H](C(=O)OC)[C@]3(C)CC[C@@H]12. The lowest BCUT2D eigenvalue weighted by molar-refractivity contribution is -0.180. The van der Waals surface area contributed by atoms with Crippen molar-refractivity contribution in [2.24, 2.45) is 34.2 Å². The number of oxime groups is 1. The first-order chi connectivity index (χ1) is 15.8. The van der Waals surface area contributed by atoms with Crippen molar-refractivity contribution in [2.75, 3.05) is 14.2 Å². The van der Waals surface area contributed by atoms with Gasteiger partial charge in [-0.15, -0.1) is 0 Å². The maximum atomic E-state index is 13.8. The Balaban J connectivity index is 1.77. The fourth-order valence-electron chi connectivity index (χ4n) is 6.83. The molecule has 0 amide bonds. The summed E-state index contributed by atoms with van der Waals surface area (Å²) in [4.78, 5) is 43.7. The minimum absolute atomic E-state index is 0.0189. The fourth-order valence-corrected chi connectivity index (χ4v) is 6.83. The van der Waals surface area contributed by atoms with E-state index in [-0.39, 0.29) is 35.9 Å². The molecule has 33 heavy (non-hydrogen) atoms. The van der Waals surface area contributed by atoms with Crippen molar-refractivity contribution in [3.63, 3.8) is 0 Å². The normalized spacial score (nSPS) is 37.0. The highest BCUT2D eigenvalue weighted by molar-refractivity contribution is 5.94. The average molecular weight is 456 g/mol. The van der Waals surface area contributed by atoms with E-state index in [9.17, 15) is 14.4 Å². The van der Waals surface area contributed by atoms with Gasteiger partial charge in [-0.05, 0) is 48.5 Å². The number of hydrogen-bond acceptors (Lipinski definition) is 7. The molecule has 0 unspecified atom stereocenters. The second-order valence-corrected chi connectivity index (χ2v) is 9.92. The summed E-state index contributed by atoms with van der Waals surface area (Å²) < 4.78 is 10.6. The molecule has 3 fully saturated rings. The topological polar surface area (TPSA) is 91.3 Å². The van der Waals surface area contributed by atoms with Crippen LogP contribution in [-0.2, 0) is 28.7 Å². The van der Waals surface area contributed by atoms with Crippen LogP contribution in [0.3, 0.4) is 0 Å². The zero-order chi connectivity index (χ0) is 23.8. The van der Waals surface area contributed by atoms with E-state index < -0.39 is 29.3 Å². The van der Waals surface area contributed by atoms with Crippen LogP contribution in [0.1, 0.15) is 57.4 Å². The molecule has 7 heteroatoms.